The van der Waals surface area contributed by atoms with E-state index in [0.717, 1.165) is 26.7 Å². The van der Waals surface area contributed by atoms with E-state index in [1.165, 1.54) is 0 Å². The van der Waals surface area contributed by atoms with Crippen molar-refractivity contribution in [3.63, 3.8) is 0 Å². The van der Waals surface area contributed by atoms with Crippen LogP contribution in [0.3, 0.4) is 0 Å². The molecule has 18 heavy (non-hydrogen) atoms. The molecule has 0 aromatic heterocycles. The van der Waals surface area contributed by atoms with Crippen molar-refractivity contribution in [1.29, 1.82) is 0 Å². The second-order valence-electron chi connectivity index (χ2n) is 4.38. The lowest BCUT2D eigenvalue weighted by atomic mass is 9.98. The molecule has 0 saturated carbocycles. The summed E-state index contributed by atoms with van der Waals surface area (Å²) in [6.45, 7) is 4.03. The first kappa shape index (κ1) is 13.6. The van der Waals surface area contributed by atoms with Crippen LogP contribution >= 0.6 is 27.5 Å². The summed E-state index contributed by atoms with van der Waals surface area (Å²) in [4.78, 5) is 0. The van der Waals surface area contributed by atoms with Gasteiger partial charge in [-0.15, -0.1) is 0 Å². The van der Waals surface area contributed by atoms with Crippen LogP contribution in [0.25, 0.3) is 0 Å². The SMILES string of the molecule is Cc1cc(Cl)c(C(O)c2ccccc2Br)cc1C. The summed E-state index contributed by atoms with van der Waals surface area (Å²) in [5.74, 6) is 0. The molecule has 0 fully saturated rings. The third-order valence-corrected chi connectivity index (χ3v) is 4.16. The van der Waals surface area contributed by atoms with E-state index < -0.39 is 6.10 Å². The van der Waals surface area contributed by atoms with Crippen LogP contribution in [0, 0.1) is 13.8 Å². The molecule has 0 amide bonds. The van der Waals surface area contributed by atoms with Gasteiger partial charge in [0.15, 0.2) is 0 Å². The van der Waals surface area contributed by atoms with Crippen LogP contribution in [0.15, 0.2) is 40.9 Å². The van der Waals surface area contributed by atoms with Crippen LogP contribution in [0.4, 0.5) is 0 Å². The molecule has 1 nitrogen and oxygen atoms in total. The molecule has 3 heteroatoms. The maximum atomic E-state index is 10.5. The monoisotopic (exact) mass is 324 g/mol. The third kappa shape index (κ3) is 2.61. The van der Waals surface area contributed by atoms with Crippen molar-refractivity contribution >= 4 is 27.5 Å². The van der Waals surface area contributed by atoms with E-state index in [2.05, 4.69) is 15.9 Å². The highest BCUT2D eigenvalue weighted by atomic mass is 79.9. The molecule has 0 radical (unpaired) electrons. The van der Waals surface area contributed by atoms with Crippen LogP contribution < -0.4 is 0 Å². The van der Waals surface area contributed by atoms with Gasteiger partial charge in [0.05, 0.1) is 0 Å². The molecule has 0 spiro atoms. The van der Waals surface area contributed by atoms with Gasteiger partial charge in [-0.2, -0.15) is 0 Å². The first-order chi connectivity index (χ1) is 8.50. The zero-order chi connectivity index (χ0) is 13.3. The van der Waals surface area contributed by atoms with Crippen molar-refractivity contribution in [1.82, 2.24) is 0 Å². The summed E-state index contributed by atoms with van der Waals surface area (Å²) in [5.41, 5.74) is 3.82. The van der Waals surface area contributed by atoms with Crippen LogP contribution in [-0.2, 0) is 0 Å². The van der Waals surface area contributed by atoms with E-state index in [1.807, 2.05) is 50.2 Å². The van der Waals surface area contributed by atoms with Crippen molar-refractivity contribution in [3.05, 3.63) is 68.1 Å². The predicted octanol–water partition coefficient (Wildman–Crippen LogP) is 4.80. The zero-order valence-corrected chi connectivity index (χ0v) is 12.6. The highest BCUT2D eigenvalue weighted by molar-refractivity contribution is 9.10. The average Bonchev–Trinajstić information content (AvgIpc) is 2.33. The number of hydrogen-bond donors (Lipinski definition) is 1. The van der Waals surface area contributed by atoms with E-state index in [1.54, 1.807) is 0 Å². The minimum absolute atomic E-state index is 0.598. The fourth-order valence-electron chi connectivity index (χ4n) is 1.88. The fraction of sp³-hybridized carbons (Fsp3) is 0.200. The maximum Gasteiger partial charge on any atom is 0.107 e. The predicted molar refractivity (Wildman–Crippen MR) is 79.1 cm³/mol. The van der Waals surface area contributed by atoms with Gasteiger partial charge >= 0.3 is 0 Å². The highest BCUT2D eigenvalue weighted by Crippen LogP contribution is 2.33. The number of halogens is 2. The largest absolute Gasteiger partial charge is 0.384 e. The molecule has 2 aromatic carbocycles. The number of aliphatic hydroxyl groups excluding tert-OH is 1. The first-order valence-corrected chi connectivity index (χ1v) is 6.87. The Kier molecular flexibility index (Phi) is 4.10. The summed E-state index contributed by atoms with van der Waals surface area (Å²) < 4.78 is 0.881. The van der Waals surface area contributed by atoms with E-state index >= 15 is 0 Å². The molecule has 0 aliphatic carbocycles. The molecule has 0 saturated heterocycles. The Morgan fingerprint density at radius 1 is 1.06 bits per heavy atom. The van der Waals surface area contributed by atoms with Gasteiger partial charge in [-0.1, -0.05) is 51.8 Å². The number of aryl methyl sites for hydroxylation is 2. The smallest absolute Gasteiger partial charge is 0.107 e. The Morgan fingerprint density at radius 3 is 2.33 bits per heavy atom. The lowest BCUT2D eigenvalue weighted by molar-refractivity contribution is 0.219. The van der Waals surface area contributed by atoms with Gasteiger partial charge in [0.25, 0.3) is 0 Å². The Bertz CT molecular complexity index is 581. The van der Waals surface area contributed by atoms with Gasteiger partial charge < -0.3 is 5.11 Å². The lowest BCUT2D eigenvalue weighted by Gasteiger charge is -2.16. The van der Waals surface area contributed by atoms with E-state index in [0.29, 0.717) is 5.02 Å². The Balaban J connectivity index is 2.50. The first-order valence-electron chi connectivity index (χ1n) is 5.70. The Morgan fingerprint density at radius 2 is 1.67 bits per heavy atom. The molecule has 0 heterocycles. The topological polar surface area (TPSA) is 20.2 Å². The zero-order valence-electron chi connectivity index (χ0n) is 10.2. The van der Waals surface area contributed by atoms with Gasteiger partial charge in [0, 0.05) is 15.1 Å². The minimum Gasteiger partial charge on any atom is -0.384 e. The summed E-state index contributed by atoms with van der Waals surface area (Å²) in [6.07, 6.45) is -0.715. The highest BCUT2D eigenvalue weighted by Gasteiger charge is 2.17. The molecular formula is C15H14BrClO. The second-order valence-corrected chi connectivity index (χ2v) is 5.64. The molecule has 0 aliphatic heterocycles. The second kappa shape index (κ2) is 5.43. The van der Waals surface area contributed by atoms with Crippen molar-refractivity contribution in [2.75, 3.05) is 0 Å². The summed E-state index contributed by atoms with van der Waals surface area (Å²) in [5, 5.41) is 11.1. The molecule has 1 atom stereocenters. The number of hydrogen-bond acceptors (Lipinski definition) is 1. The van der Waals surface area contributed by atoms with E-state index in [-0.39, 0.29) is 0 Å². The quantitative estimate of drug-likeness (QED) is 0.841. The molecule has 0 aliphatic rings. The summed E-state index contributed by atoms with van der Waals surface area (Å²) >= 11 is 9.67. The third-order valence-electron chi connectivity index (χ3n) is 3.11. The lowest BCUT2D eigenvalue weighted by Crippen LogP contribution is -2.02. The number of rotatable bonds is 2. The summed E-state index contributed by atoms with van der Waals surface area (Å²) in [7, 11) is 0. The molecule has 1 N–H and O–H groups in total. The van der Waals surface area contributed by atoms with Crippen LogP contribution in [0.2, 0.25) is 5.02 Å². The molecule has 2 rings (SSSR count). The van der Waals surface area contributed by atoms with Gasteiger partial charge in [-0.05, 0) is 42.7 Å². The molecule has 94 valence electrons. The average molecular weight is 326 g/mol. The van der Waals surface area contributed by atoms with E-state index in [9.17, 15) is 5.11 Å². The minimum atomic E-state index is -0.715. The molecule has 1 unspecified atom stereocenters. The Labute approximate surface area is 121 Å². The number of benzene rings is 2. The van der Waals surface area contributed by atoms with E-state index in [4.69, 9.17) is 11.6 Å². The van der Waals surface area contributed by atoms with Crippen molar-refractivity contribution in [2.45, 2.75) is 20.0 Å². The Hall–Kier alpha value is -0.830. The van der Waals surface area contributed by atoms with Crippen LogP contribution in [-0.4, -0.2) is 5.11 Å². The van der Waals surface area contributed by atoms with Gasteiger partial charge in [-0.3, -0.25) is 0 Å². The van der Waals surface area contributed by atoms with Crippen LogP contribution in [0.5, 0.6) is 0 Å². The molecular weight excluding hydrogens is 312 g/mol. The van der Waals surface area contributed by atoms with Gasteiger partial charge in [0.2, 0.25) is 0 Å². The molecule has 0 bridgehead atoms. The van der Waals surface area contributed by atoms with Crippen molar-refractivity contribution in [3.8, 4) is 0 Å². The van der Waals surface area contributed by atoms with Crippen LogP contribution in [0.1, 0.15) is 28.4 Å². The van der Waals surface area contributed by atoms with Gasteiger partial charge in [0.1, 0.15) is 6.10 Å². The standard InChI is InChI=1S/C15H14BrClO/c1-9-7-12(14(17)8-10(9)2)15(18)11-5-3-4-6-13(11)16/h3-8,15,18H,1-2H3. The maximum absolute atomic E-state index is 10.5. The van der Waals surface area contributed by atoms with Crippen molar-refractivity contribution in [2.24, 2.45) is 0 Å². The summed E-state index contributed by atoms with van der Waals surface area (Å²) in [6, 6.07) is 11.5. The fourth-order valence-corrected chi connectivity index (χ4v) is 2.70. The van der Waals surface area contributed by atoms with Crippen molar-refractivity contribution < 1.29 is 5.11 Å². The number of aliphatic hydroxyl groups is 1. The normalized spacial score (nSPS) is 12.5. The molecule has 2 aromatic rings. The van der Waals surface area contributed by atoms with Gasteiger partial charge in [-0.25, -0.2) is 0 Å².